The van der Waals surface area contributed by atoms with Gasteiger partial charge in [0, 0.05) is 30.1 Å². The van der Waals surface area contributed by atoms with Gasteiger partial charge in [-0.3, -0.25) is 9.48 Å². The van der Waals surface area contributed by atoms with Gasteiger partial charge in [0.15, 0.2) is 5.65 Å². The van der Waals surface area contributed by atoms with E-state index in [1.54, 1.807) is 27.8 Å². The number of benzene rings is 1. The fraction of sp³-hybridized carbons (Fsp3) is 0.200. The molecule has 0 aliphatic rings. The molecule has 0 fully saturated rings. The molecule has 0 saturated carbocycles. The van der Waals surface area contributed by atoms with Crippen molar-refractivity contribution in [3.8, 4) is 11.3 Å². The second-order valence-corrected chi connectivity index (χ2v) is 6.49. The van der Waals surface area contributed by atoms with Crippen molar-refractivity contribution in [1.29, 1.82) is 0 Å². The average molecular weight is 360 g/mol. The first kappa shape index (κ1) is 17.0. The summed E-state index contributed by atoms with van der Waals surface area (Å²) in [5.41, 5.74) is 4.88. The van der Waals surface area contributed by atoms with E-state index in [2.05, 4.69) is 20.5 Å². The number of carbonyl (C=O) groups excluding carboxylic acids is 1. The molecule has 7 heteroatoms. The molecule has 0 bridgehead atoms. The van der Waals surface area contributed by atoms with Gasteiger partial charge in [0.05, 0.1) is 24.1 Å². The molecule has 0 unspecified atom stereocenters. The minimum Gasteiger partial charge on any atom is -0.345 e. The van der Waals surface area contributed by atoms with Crippen molar-refractivity contribution in [3.63, 3.8) is 0 Å². The van der Waals surface area contributed by atoms with Crippen molar-refractivity contribution >= 4 is 11.6 Å². The molecule has 136 valence electrons. The maximum atomic E-state index is 12.8. The van der Waals surface area contributed by atoms with Crippen molar-refractivity contribution in [3.05, 3.63) is 71.8 Å². The minimum absolute atomic E-state index is 0.168. The summed E-state index contributed by atoms with van der Waals surface area (Å²) in [5.74, 6) is -0.210. The second-order valence-electron chi connectivity index (χ2n) is 6.49. The number of amides is 1. The Morgan fingerprint density at radius 2 is 1.89 bits per heavy atom. The molecule has 27 heavy (non-hydrogen) atoms. The van der Waals surface area contributed by atoms with Crippen molar-refractivity contribution < 1.29 is 4.79 Å². The molecule has 4 aromatic rings. The summed E-state index contributed by atoms with van der Waals surface area (Å²) in [5, 5.41) is 11.7. The van der Waals surface area contributed by atoms with Crippen LogP contribution >= 0.6 is 0 Å². The number of rotatable bonds is 4. The fourth-order valence-electron chi connectivity index (χ4n) is 3.17. The number of fused-ring (bicyclic) bond motifs is 1. The van der Waals surface area contributed by atoms with E-state index in [0.717, 1.165) is 22.5 Å². The highest BCUT2D eigenvalue weighted by Gasteiger charge is 2.20. The maximum Gasteiger partial charge on any atom is 0.257 e. The number of aryl methyl sites for hydroxylation is 1. The first-order chi connectivity index (χ1) is 13.1. The summed E-state index contributed by atoms with van der Waals surface area (Å²) in [6.07, 6.45) is 5.04. The van der Waals surface area contributed by atoms with Crippen LogP contribution in [0, 0.1) is 6.92 Å². The first-order valence-electron chi connectivity index (χ1n) is 8.74. The predicted molar refractivity (Wildman–Crippen MR) is 102 cm³/mol. The van der Waals surface area contributed by atoms with Gasteiger partial charge in [0.1, 0.15) is 5.56 Å². The molecule has 0 radical (unpaired) electrons. The van der Waals surface area contributed by atoms with Crippen LogP contribution in [-0.2, 0) is 7.05 Å². The Hall–Kier alpha value is -3.48. The summed E-state index contributed by atoms with van der Waals surface area (Å²) in [7, 11) is 1.88. The van der Waals surface area contributed by atoms with E-state index in [0.29, 0.717) is 11.2 Å². The van der Waals surface area contributed by atoms with Crippen molar-refractivity contribution in [2.24, 2.45) is 7.05 Å². The number of hydrogen-bond acceptors (Lipinski definition) is 4. The van der Waals surface area contributed by atoms with E-state index in [9.17, 15) is 4.79 Å². The lowest BCUT2D eigenvalue weighted by Crippen LogP contribution is -2.27. The van der Waals surface area contributed by atoms with Crippen LogP contribution in [0.4, 0.5) is 0 Å². The molecule has 0 aliphatic carbocycles. The zero-order valence-electron chi connectivity index (χ0n) is 15.4. The first-order valence-corrected chi connectivity index (χ1v) is 8.74. The number of hydrogen-bond donors (Lipinski definition) is 1. The quantitative estimate of drug-likeness (QED) is 0.607. The maximum absolute atomic E-state index is 12.8. The van der Waals surface area contributed by atoms with Gasteiger partial charge in [-0.1, -0.05) is 30.3 Å². The third-order valence-corrected chi connectivity index (χ3v) is 4.80. The van der Waals surface area contributed by atoms with Crippen LogP contribution in [0.3, 0.4) is 0 Å². The molecule has 3 aromatic heterocycles. The average Bonchev–Trinajstić information content (AvgIpc) is 3.26. The molecule has 1 N–H and O–H groups in total. The second kappa shape index (κ2) is 6.68. The molecule has 0 saturated heterocycles. The Bertz CT molecular complexity index is 1110. The van der Waals surface area contributed by atoms with Gasteiger partial charge in [-0.2, -0.15) is 10.2 Å². The van der Waals surface area contributed by atoms with Gasteiger partial charge in [-0.15, -0.1) is 0 Å². The van der Waals surface area contributed by atoms with Gasteiger partial charge in [-0.05, 0) is 19.9 Å². The summed E-state index contributed by atoms with van der Waals surface area (Å²) < 4.78 is 3.49. The van der Waals surface area contributed by atoms with Crippen LogP contribution in [0.25, 0.3) is 16.9 Å². The molecule has 0 spiro atoms. The van der Waals surface area contributed by atoms with Gasteiger partial charge >= 0.3 is 0 Å². The molecule has 1 aromatic carbocycles. The third kappa shape index (κ3) is 2.97. The number of carbonyl (C=O) groups is 1. The summed E-state index contributed by atoms with van der Waals surface area (Å²) >= 11 is 0. The Labute approximate surface area is 156 Å². The molecular weight excluding hydrogens is 340 g/mol. The lowest BCUT2D eigenvalue weighted by molar-refractivity contribution is 0.0941. The van der Waals surface area contributed by atoms with Crippen LogP contribution in [0.5, 0.6) is 0 Å². The van der Waals surface area contributed by atoms with E-state index >= 15 is 0 Å². The standard InChI is InChI=1S/C20H20N6O/c1-13(16-11-22-25(3)14(16)2)24-20(27)17-12-23-26-18(9-10-21-19(17)26)15-7-5-4-6-8-15/h4-13H,1-3H3,(H,24,27)/t13-/m1/s1. The van der Waals surface area contributed by atoms with E-state index in [-0.39, 0.29) is 11.9 Å². The summed E-state index contributed by atoms with van der Waals surface area (Å²) in [6, 6.07) is 11.6. The van der Waals surface area contributed by atoms with Crippen LogP contribution in [0.2, 0.25) is 0 Å². The largest absolute Gasteiger partial charge is 0.345 e. The van der Waals surface area contributed by atoms with Crippen LogP contribution < -0.4 is 5.32 Å². The van der Waals surface area contributed by atoms with Gasteiger partial charge in [0.2, 0.25) is 0 Å². The minimum atomic E-state index is -0.210. The Morgan fingerprint density at radius 3 is 2.59 bits per heavy atom. The predicted octanol–water partition coefficient (Wildman–Crippen LogP) is 2.93. The topological polar surface area (TPSA) is 77.1 Å². The van der Waals surface area contributed by atoms with Crippen molar-refractivity contribution in [2.45, 2.75) is 19.9 Å². The zero-order chi connectivity index (χ0) is 19.0. The molecule has 1 atom stereocenters. The highest BCUT2D eigenvalue weighted by Crippen LogP contribution is 2.21. The van der Waals surface area contributed by atoms with Crippen molar-refractivity contribution in [1.82, 2.24) is 29.7 Å². The van der Waals surface area contributed by atoms with Crippen LogP contribution in [0.1, 0.15) is 34.6 Å². The molecule has 4 rings (SSSR count). The van der Waals surface area contributed by atoms with E-state index in [1.165, 1.54) is 0 Å². The van der Waals surface area contributed by atoms with Gasteiger partial charge in [-0.25, -0.2) is 9.50 Å². The zero-order valence-corrected chi connectivity index (χ0v) is 15.4. The third-order valence-electron chi connectivity index (χ3n) is 4.80. The smallest absolute Gasteiger partial charge is 0.257 e. The SMILES string of the molecule is Cc1c([C@@H](C)NC(=O)c2cnn3c(-c4ccccc4)ccnc23)cnn1C. The van der Waals surface area contributed by atoms with Crippen molar-refractivity contribution in [2.75, 3.05) is 0 Å². The highest BCUT2D eigenvalue weighted by molar-refractivity contribution is 6.00. The van der Waals surface area contributed by atoms with Crippen LogP contribution in [-0.4, -0.2) is 30.3 Å². The number of nitrogens with zero attached hydrogens (tertiary/aromatic N) is 5. The van der Waals surface area contributed by atoms with Gasteiger partial charge < -0.3 is 5.32 Å². The Balaban J connectivity index is 1.66. The fourth-order valence-corrected chi connectivity index (χ4v) is 3.17. The van der Waals surface area contributed by atoms with Crippen LogP contribution in [0.15, 0.2) is 55.0 Å². The van der Waals surface area contributed by atoms with E-state index in [1.807, 2.05) is 57.3 Å². The van der Waals surface area contributed by atoms with Gasteiger partial charge in [0.25, 0.3) is 5.91 Å². The van der Waals surface area contributed by atoms with E-state index in [4.69, 9.17) is 0 Å². The molecule has 1 amide bonds. The monoisotopic (exact) mass is 360 g/mol. The lowest BCUT2D eigenvalue weighted by Gasteiger charge is -2.13. The van der Waals surface area contributed by atoms with E-state index < -0.39 is 0 Å². The number of aromatic nitrogens is 5. The number of nitrogens with one attached hydrogen (secondary N) is 1. The normalized spacial score (nSPS) is 12.3. The molecular formula is C20H20N6O. The molecule has 7 nitrogen and oxygen atoms in total. The summed E-state index contributed by atoms with van der Waals surface area (Å²) in [4.78, 5) is 17.2. The highest BCUT2D eigenvalue weighted by atomic mass is 16.1. The summed E-state index contributed by atoms with van der Waals surface area (Å²) in [6.45, 7) is 3.92. The molecule has 0 aliphatic heterocycles. The lowest BCUT2D eigenvalue weighted by atomic mass is 10.1. The Kier molecular flexibility index (Phi) is 4.19. The Morgan fingerprint density at radius 1 is 1.11 bits per heavy atom. The molecule has 3 heterocycles.